The van der Waals surface area contributed by atoms with E-state index in [-0.39, 0.29) is 5.41 Å². The van der Waals surface area contributed by atoms with Gasteiger partial charge in [0.05, 0.1) is 0 Å². The van der Waals surface area contributed by atoms with E-state index in [1.165, 1.54) is 108 Å². The number of benzene rings is 3. The van der Waals surface area contributed by atoms with Gasteiger partial charge in [0.15, 0.2) is 0 Å². The Bertz CT molecular complexity index is 1410. The first-order valence-electron chi connectivity index (χ1n) is 20.1. The maximum Gasteiger partial charge on any atom is 0.0462 e. The zero-order chi connectivity index (χ0) is 37.5. The smallest absolute Gasteiger partial charge is 0.0462 e. The van der Waals surface area contributed by atoms with Gasteiger partial charge in [-0.2, -0.15) is 0 Å². The van der Waals surface area contributed by atoms with Gasteiger partial charge in [0.1, 0.15) is 0 Å². The zero-order valence-corrected chi connectivity index (χ0v) is 34.7. The van der Waals surface area contributed by atoms with E-state index in [4.69, 9.17) is 4.74 Å². The first-order valence-corrected chi connectivity index (χ1v) is 20.1. The molecule has 0 N–H and O–H groups in total. The second-order valence-electron chi connectivity index (χ2n) is 15.0. The van der Waals surface area contributed by atoms with E-state index >= 15 is 0 Å². The van der Waals surface area contributed by atoms with E-state index in [2.05, 4.69) is 142 Å². The predicted octanol–water partition coefficient (Wildman–Crippen LogP) is 15.9. The Kier molecular flexibility index (Phi) is 22.7. The number of hydrogen-bond donors (Lipinski definition) is 0. The van der Waals surface area contributed by atoms with Gasteiger partial charge in [-0.25, -0.2) is 0 Å². The first kappa shape index (κ1) is 45.1. The lowest BCUT2D eigenvalue weighted by Crippen LogP contribution is -2.15. The average Bonchev–Trinajstić information content (AvgIpc) is 3.14. The molecule has 0 aliphatic heterocycles. The van der Waals surface area contributed by atoms with Crippen LogP contribution in [0.4, 0.5) is 0 Å². The Morgan fingerprint density at radius 1 is 0.820 bits per heavy atom. The Balaban J connectivity index is 0.000000447. The molecule has 1 nitrogen and oxygen atoms in total. The normalized spacial score (nSPS) is 16.5. The summed E-state index contributed by atoms with van der Waals surface area (Å²) in [6, 6.07) is 24.3. The van der Waals surface area contributed by atoms with Crippen molar-refractivity contribution >= 4 is 16.3 Å². The van der Waals surface area contributed by atoms with Gasteiger partial charge < -0.3 is 4.74 Å². The minimum atomic E-state index is 0.286. The monoisotopic (exact) mass is 681 g/mol. The molecule has 3 aromatic carbocycles. The molecule has 0 amide bonds. The molecule has 3 aromatic rings. The lowest BCUT2D eigenvalue weighted by atomic mass is 9.73. The number of fused-ring (bicyclic) bond motifs is 1. The highest BCUT2D eigenvalue weighted by Crippen LogP contribution is 2.43. The van der Waals surface area contributed by atoms with Gasteiger partial charge in [-0.05, 0) is 116 Å². The summed E-state index contributed by atoms with van der Waals surface area (Å²) in [6.07, 6.45) is 16.2. The highest BCUT2D eigenvalue weighted by molar-refractivity contribution is 5.95. The second-order valence-corrected chi connectivity index (χ2v) is 15.0. The summed E-state index contributed by atoms with van der Waals surface area (Å²) in [7, 11) is 1.78. The fourth-order valence-electron chi connectivity index (χ4n) is 6.73. The van der Waals surface area contributed by atoms with Gasteiger partial charge in [0, 0.05) is 13.7 Å². The first-order chi connectivity index (χ1) is 24.0. The van der Waals surface area contributed by atoms with Gasteiger partial charge in [-0.15, -0.1) is 0 Å². The van der Waals surface area contributed by atoms with Gasteiger partial charge in [-0.3, -0.25) is 0 Å². The third-order valence-electron chi connectivity index (χ3n) is 10.2. The minimum Gasteiger partial charge on any atom is -0.385 e. The third kappa shape index (κ3) is 15.6. The van der Waals surface area contributed by atoms with Crippen LogP contribution in [0.2, 0.25) is 0 Å². The SMILES string of the molecule is C=C(c1ccc(C)c2ccccc12)C1CCCC(c2ccccc2)C1.CC.CC/C(=C\C(C)=C(\C)CCCCCOC)C(C)(C)C.CCCC. The van der Waals surface area contributed by atoms with E-state index < -0.39 is 0 Å². The van der Waals surface area contributed by atoms with Crippen LogP contribution >= 0.6 is 0 Å². The molecule has 1 saturated carbocycles. The van der Waals surface area contributed by atoms with Crippen LogP contribution in [0.3, 0.4) is 0 Å². The summed E-state index contributed by atoms with van der Waals surface area (Å²) in [5, 5.41) is 2.71. The molecule has 0 heterocycles. The molecule has 0 radical (unpaired) electrons. The van der Waals surface area contributed by atoms with Crippen molar-refractivity contribution in [2.45, 2.75) is 153 Å². The fourth-order valence-corrected chi connectivity index (χ4v) is 6.73. The molecule has 1 fully saturated rings. The van der Waals surface area contributed by atoms with Gasteiger partial charge in [-0.1, -0.05) is 177 Å². The van der Waals surface area contributed by atoms with Gasteiger partial charge >= 0.3 is 0 Å². The lowest BCUT2D eigenvalue weighted by molar-refractivity contribution is 0.192. The van der Waals surface area contributed by atoms with Crippen LogP contribution in [-0.4, -0.2) is 13.7 Å². The standard InChI is InChI=1S/C25H26.C18H34O.C4H10.C2H6/c1-18-15-16-24(25-14-7-6-13-23(18)25)19(2)21-11-8-12-22(17-21)20-9-4-3-5-10-20;1-8-17(18(4,5)6)14-16(3)15(2)12-10-9-11-13-19-7;1-3-4-2;1-2/h3-7,9-10,13-16,21-22H,2,8,11-12,17H2,1H3;14H,8-13H2,1-7H3;3-4H2,1-2H3;1-2H3/b;16-15-,17-14+;;. The van der Waals surface area contributed by atoms with Crippen molar-refractivity contribution in [1.82, 2.24) is 0 Å². The van der Waals surface area contributed by atoms with Crippen molar-refractivity contribution < 1.29 is 4.74 Å². The number of ether oxygens (including phenoxy) is 1. The van der Waals surface area contributed by atoms with Crippen molar-refractivity contribution in [2.24, 2.45) is 11.3 Å². The highest BCUT2D eigenvalue weighted by atomic mass is 16.5. The number of aryl methyl sites for hydroxylation is 1. The van der Waals surface area contributed by atoms with Crippen molar-refractivity contribution in [3.63, 3.8) is 0 Å². The van der Waals surface area contributed by atoms with Crippen molar-refractivity contribution in [3.05, 3.63) is 113 Å². The van der Waals surface area contributed by atoms with Crippen molar-refractivity contribution in [2.75, 3.05) is 13.7 Å². The maximum atomic E-state index is 5.08. The van der Waals surface area contributed by atoms with Crippen molar-refractivity contribution in [3.8, 4) is 0 Å². The Morgan fingerprint density at radius 2 is 1.44 bits per heavy atom. The van der Waals surface area contributed by atoms with E-state index in [0.29, 0.717) is 11.8 Å². The fraction of sp³-hybridized carbons (Fsp3) is 0.551. The molecule has 4 rings (SSSR count). The molecule has 1 heteroatoms. The predicted molar refractivity (Wildman–Crippen MR) is 227 cm³/mol. The lowest BCUT2D eigenvalue weighted by Gasteiger charge is -2.31. The molecule has 2 atom stereocenters. The summed E-state index contributed by atoms with van der Waals surface area (Å²) in [5.41, 5.74) is 10.3. The van der Waals surface area contributed by atoms with E-state index in [1.54, 1.807) is 12.7 Å². The molecule has 278 valence electrons. The molecular weight excluding hydrogens is 605 g/mol. The largest absolute Gasteiger partial charge is 0.385 e. The van der Waals surface area contributed by atoms with E-state index in [1.807, 2.05) is 13.8 Å². The molecule has 1 aliphatic rings. The Hall–Kier alpha value is -2.90. The summed E-state index contributed by atoms with van der Waals surface area (Å²) >= 11 is 0. The number of hydrogen-bond acceptors (Lipinski definition) is 1. The van der Waals surface area contributed by atoms with Gasteiger partial charge in [0.2, 0.25) is 0 Å². The molecule has 0 bridgehead atoms. The van der Waals surface area contributed by atoms with Crippen LogP contribution in [0, 0.1) is 18.3 Å². The topological polar surface area (TPSA) is 9.23 Å². The quantitative estimate of drug-likeness (QED) is 0.137. The molecule has 0 aromatic heterocycles. The van der Waals surface area contributed by atoms with Crippen LogP contribution in [0.15, 0.2) is 96.1 Å². The molecule has 2 unspecified atom stereocenters. The summed E-state index contributed by atoms with van der Waals surface area (Å²) in [6.45, 7) is 29.7. The van der Waals surface area contributed by atoms with E-state index in [0.717, 1.165) is 13.0 Å². The molecule has 1 aliphatic carbocycles. The number of rotatable bonds is 12. The molecule has 50 heavy (non-hydrogen) atoms. The number of unbranched alkanes of at least 4 members (excludes halogenated alkanes) is 3. The van der Waals surface area contributed by atoms with Crippen LogP contribution < -0.4 is 0 Å². The van der Waals surface area contributed by atoms with Crippen molar-refractivity contribution in [1.29, 1.82) is 0 Å². The van der Waals surface area contributed by atoms with Crippen LogP contribution in [-0.2, 0) is 4.74 Å². The minimum absolute atomic E-state index is 0.286. The van der Waals surface area contributed by atoms with Crippen LogP contribution in [0.5, 0.6) is 0 Å². The summed E-state index contributed by atoms with van der Waals surface area (Å²) < 4.78 is 5.08. The number of allylic oxidation sites excluding steroid dienone is 5. The summed E-state index contributed by atoms with van der Waals surface area (Å²) in [4.78, 5) is 0. The van der Waals surface area contributed by atoms with Crippen LogP contribution in [0.25, 0.3) is 16.3 Å². The summed E-state index contributed by atoms with van der Waals surface area (Å²) in [5.74, 6) is 1.26. The zero-order valence-electron chi connectivity index (χ0n) is 34.7. The number of methoxy groups -OCH3 is 1. The van der Waals surface area contributed by atoms with E-state index in [9.17, 15) is 0 Å². The highest BCUT2D eigenvalue weighted by Gasteiger charge is 2.26. The van der Waals surface area contributed by atoms with Crippen LogP contribution in [0.1, 0.15) is 162 Å². The maximum absolute atomic E-state index is 5.08. The third-order valence-corrected chi connectivity index (χ3v) is 10.2. The Labute approximate surface area is 310 Å². The molecule has 0 saturated heterocycles. The second kappa shape index (κ2) is 25.1. The Morgan fingerprint density at radius 3 is 2.02 bits per heavy atom. The molecular formula is C49H76O. The average molecular weight is 681 g/mol. The van der Waals surface area contributed by atoms with Gasteiger partial charge in [0.25, 0.3) is 0 Å². The molecule has 0 spiro atoms.